The zero-order valence-corrected chi connectivity index (χ0v) is 12.6. The van der Waals surface area contributed by atoms with Gasteiger partial charge in [0.15, 0.2) is 0 Å². The van der Waals surface area contributed by atoms with E-state index in [2.05, 4.69) is 15.6 Å². The third-order valence-corrected chi connectivity index (χ3v) is 3.15. The Morgan fingerprint density at radius 3 is 2.50 bits per heavy atom. The van der Waals surface area contributed by atoms with Gasteiger partial charge < -0.3 is 20.4 Å². The van der Waals surface area contributed by atoms with Gasteiger partial charge in [-0.1, -0.05) is 19.1 Å². The Balaban J connectivity index is 1.99. The fourth-order valence-corrected chi connectivity index (χ4v) is 1.85. The van der Waals surface area contributed by atoms with Crippen LogP contribution in [0, 0.1) is 0 Å². The summed E-state index contributed by atoms with van der Waals surface area (Å²) in [7, 11) is 1.62. The van der Waals surface area contributed by atoms with Gasteiger partial charge in [-0.25, -0.2) is 0 Å². The molecule has 6 nitrogen and oxygen atoms in total. The second-order valence-electron chi connectivity index (χ2n) is 4.72. The summed E-state index contributed by atoms with van der Waals surface area (Å²) in [6.45, 7) is 2.30. The van der Waals surface area contributed by atoms with E-state index in [1.54, 1.807) is 26.2 Å². The van der Waals surface area contributed by atoms with Crippen LogP contribution < -0.4 is 20.9 Å². The van der Waals surface area contributed by atoms with Crippen LogP contribution in [0.3, 0.4) is 0 Å². The Bertz CT molecular complexity index is 693. The molecular weight excluding hydrogens is 282 g/mol. The number of hydrogen-bond donors (Lipinski definition) is 3. The average molecular weight is 301 g/mol. The van der Waals surface area contributed by atoms with Gasteiger partial charge in [-0.15, -0.1) is 0 Å². The maximum absolute atomic E-state index is 11.9. The number of carbonyl (C=O) groups excluding carboxylic acids is 1. The number of aromatic nitrogens is 1. The molecule has 0 aliphatic carbocycles. The van der Waals surface area contributed by atoms with E-state index in [-0.39, 0.29) is 17.2 Å². The zero-order chi connectivity index (χ0) is 15.9. The van der Waals surface area contributed by atoms with Crippen molar-refractivity contribution in [1.29, 1.82) is 0 Å². The van der Waals surface area contributed by atoms with Crippen molar-refractivity contribution in [2.24, 2.45) is 0 Å². The van der Waals surface area contributed by atoms with E-state index in [0.717, 1.165) is 11.3 Å². The van der Waals surface area contributed by atoms with Crippen LogP contribution in [-0.4, -0.2) is 18.0 Å². The van der Waals surface area contributed by atoms with Gasteiger partial charge in [0, 0.05) is 13.0 Å². The Morgan fingerprint density at radius 1 is 1.18 bits per heavy atom. The van der Waals surface area contributed by atoms with Crippen molar-refractivity contribution in [2.75, 3.05) is 17.7 Å². The molecule has 0 unspecified atom stereocenters. The van der Waals surface area contributed by atoms with Crippen LogP contribution in [0.4, 0.5) is 11.5 Å². The third kappa shape index (κ3) is 4.12. The topological polar surface area (TPSA) is 83.2 Å². The summed E-state index contributed by atoms with van der Waals surface area (Å²) in [5.74, 6) is 1.20. The van der Waals surface area contributed by atoms with E-state index in [4.69, 9.17) is 4.74 Å². The van der Waals surface area contributed by atoms with E-state index in [1.807, 2.05) is 24.3 Å². The van der Waals surface area contributed by atoms with Gasteiger partial charge in [0.1, 0.15) is 17.3 Å². The number of carbonyl (C=O) groups is 1. The molecule has 1 aromatic heterocycles. The highest BCUT2D eigenvalue weighted by Crippen LogP contribution is 2.12. The molecule has 116 valence electrons. The summed E-state index contributed by atoms with van der Waals surface area (Å²) < 4.78 is 5.10. The first-order valence-electron chi connectivity index (χ1n) is 7.02. The summed E-state index contributed by atoms with van der Waals surface area (Å²) in [5.41, 5.74) is 0.980. The standard InChI is InChI=1S/C16H19N3O3/c1-3-15(20)18-13-8-9-14(19-16(13)21)17-10-11-4-6-12(22-2)7-5-11/h4-9H,3,10H2,1-2H3,(H,18,20)(H2,17,19,21). The number of benzene rings is 1. The summed E-state index contributed by atoms with van der Waals surface area (Å²) in [6.07, 6.45) is 0.330. The molecule has 0 aliphatic heterocycles. The molecule has 0 saturated carbocycles. The van der Waals surface area contributed by atoms with Crippen LogP contribution in [0.1, 0.15) is 18.9 Å². The summed E-state index contributed by atoms with van der Waals surface area (Å²) in [5, 5.41) is 5.67. The van der Waals surface area contributed by atoms with E-state index in [0.29, 0.717) is 18.8 Å². The first-order chi connectivity index (χ1) is 10.6. The molecule has 0 bridgehead atoms. The maximum atomic E-state index is 11.9. The predicted molar refractivity (Wildman–Crippen MR) is 86.3 cm³/mol. The van der Waals surface area contributed by atoms with E-state index < -0.39 is 0 Å². The first-order valence-corrected chi connectivity index (χ1v) is 7.02. The van der Waals surface area contributed by atoms with E-state index >= 15 is 0 Å². The highest BCUT2D eigenvalue weighted by molar-refractivity contribution is 5.90. The number of rotatable bonds is 6. The minimum atomic E-state index is -0.332. The van der Waals surface area contributed by atoms with Gasteiger partial charge >= 0.3 is 0 Å². The van der Waals surface area contributed by atoms with Crippen molar-refractivity contribution in [1.82, 2.24) is 4.98 Å². The molecule has 1 heterocycles. The molecule has 2 rings (SSSR count). The van der Waals surface area contributed by atoms with Crippen molar-refractivity contribution < 1.29 is 9.53 Å². The molecule has 1 amide bonds. The summed E-state index contributed by atoms with van der Waals surface area (Å²) in [4.78, 5) is 25.8. The number of amides is 1. The normalized spacial score (nSPS) is 10.1. The molecule has 0 saturated heterocycles. The monoisotopic (exact) mass is 301 g/mol. The fraction of sp³-hybridized carbons (Fsp3) is 0.250. The van der Waals surface area contributed by atoms with Gasteiger partial charge in [0.25, 0.3) is 5.56 Å². The second kappa shape index (κ2) is 7.31. The van der Waals surface area contributed by atoms with Gasteiger partial charge in [0.05, 0.1) is 7.11 Å². The van der Waals surface area contributed by atoms with Crippen molar-refractivity contribution in [3.63, 3.8) is 0 Å². The van der Waals surface area contributed by atoms with Crippen LogP contribution >= 0.6 is 0 Å². The zero-order valence-electron chi connectivity index (χ0n) is 12.6. The summed E-state index contributed by atoms with van der Waals surface area (Å²) >= 11 is 0. The van der Waals surface area contributed by atoms with Crippen molar-refractivity contribution in [2.45, 2.75) is 19.9 Å². The minimum Gasteiger partial charge on any atom is -0.497 e. The highest BCUT2D eigenvalue weighted by Gasteiger charge is 2.04. The van der Waals surface area contributed by atoms with Crippen LogP contribution in [-0.2, 0) is 11.3 Å². The number of H-pyrrole nitrogens is 1. The number of hydrogen-bond acceptors (Lipinski definition) is 4. The lowest BCUT2D eigenvalue weighted by Gasteiger charge is -2.08. The van der Waals surface area contributed by atoms with Gasteiger partial charge in [-0.3, -0.25) is 9.59 Å². The molecule has 0 atom stereocenters. The molecule has 6 heteroatoms. The Morgan fingerprint density at radius 2 is 1.91 bits per heavy atom. The van der Waals surface area contributed by atoms with Gasteiger partial charge in [-0.2, -0.15) is 0 Å². The second-order valence-corrected chi connectivity index (χ2v) is 4.72. The number of methoxy groups -OCH3 is 1. The van der Waals surface area contributed by atoms with E-state index in [1.165, 1.54) is 0 Å². The van der Waals surface area contributed by atoms with Crippen molar-refractivity contribution >= 4 is 17.4 Å². The molecule has 0 fully saturated rings. The van der Waals surface area contributed by atoms with Crippen LogP contribution in [0.25, 0.3) is 0 Å². The van der Waals surface area contributed by atoms with Crippen LogP contribution in [0.15, 0.2) is 41.2 Å². The molecule has 22 heavy (non-hydrogen) atoms. The van der Waals surface area contributed by atoms with E-state index in [9.17, 15) is 9.59 Å². The maximum Gasteiger partial charge on any atom is 0.273 e. The van der Waals surface area contributed by atoms with Crippen molar-refractivity contribution in [3.05, 3.63) is 52.3 Å². The number of pyridine rings is 1. The number of anilines is 2. The average Bonchev–Trinajstić information content (AvgIpc) is 2.55. The molecule has 0 aliphatic rings. The Hall–Kier alpha value is -2.76. The quantitative estimate of drug-likeness (QED) is 0.764. The third-order valence-electron chi connectivity index (χ3n) is 3.15. The first kappa shape index (κ1) is 15.6. The lowest BCUT2D eigenvalue weighted by atomic mass is 10.2. The number of aromatic amines is 1. The minimum absolute atomic E-state index is 0.190. The summed E-state index contributed by atoms with van der Waals surface area (Å²) in [6, 6.07) is 10.9. The molecule has 0 radical (unpaired) electrons. The smallest absolute Gasteiger partial charge is 0.273 e. The lowest BCUT2D eigenvalue weighted by molar-refractivity contribution is -0.115. The molecule has 0 spiro atoms. The fourth-order valence-electron chi connectivity index (χ4n) is 1.85. The van der Waals surface area contributed by atoms with Crippen LogP contribution in [0.2, 0.25) is 0 Å². The number of nitrogens with one attached hydrogen (secondary N) is 3. The largest absolute Gasteiger partial charge is 0.497 e. The highest BCUT2D eigenvalue weighted by atomic mass is 16.5. The molecule has 3 N–H and O–H groups in total. The molecule has 2 aromatic rings. The molecular formula is C16H19N3O3. The lowest BCUT2D eigenvalue weighted by Crippen LogP contribution is -2.19. The van der Waals surface area contributed by atoms with Gasteiger partial charge in [0.2, 0.25) is 5.91 Å². The Kier molecular flexibility index (Phi) is 5.19. The van der Waals surface area contributed by atoms with Crippen molar-refractivity contribution in [3.8, 4) is 5.75 Å². The number of ether oxygens (including phenoxy) is 1. The van der Waals surface area contributed by atoms with Crippen LogP contribution in [0.5, 0.6) is 5.75 Å². The predicted octanol–water partition coefficient (Wildman–Crippen LogP) is 2.34. The SMILES string of the molecule is CCC(=O)Nc1ccc(NCc2ccc(OC)cc2)[nH]c1=O. The Labute approximate surface area is 128 Å². The molecule has 1 aromatic carbocycles. The van der Waals surface area contributed by atoms with Gasteiger partial charge in [-0.05, 0) is 29.8 Å².